The number of nitrogens with one attached hydrogen (secondary N) is 2. The van der Waals surface area contributed by atoms with E-state index in [-0.39, 0.29) is 30.7 Å². The van der Waals surface area contributed by atoms with Crippen LogP contribution in [0.4, 0.5) is 5.82 Å². The van der Waals surface area contributed by atoms with Gasteiger partial charge in [0, 0.05) is 32.2 Å². The van der Waals surface area contributed by atoms with Crippen LogP contribution in [0.1, 0.15) is 61.9 Å². The molecule has 3 rings (SSSR count). The van der Waals surface area contributed by atoms with Crippen molar-refractivity contribution >= 4 is 36.5 Å². The Morgan fingerprint density at radius 1 is 0.962 bits per heavy atom. The van der Waals surface area contributed by atoms with Crippen molar-refractivity contribution in [3.8, 4) is 0 Å². The number of hydrogen-bond acceptors (Lipinski definition) is 5. The van der Waals surface area contributed by atoms with Crippen LogP contribution in [0.15, 0.2) is 12.1 Å². The van der Waals surface area contributed by atoms with E-state index in [9.17, 15) is 4.79 Å². The van der Waals surface area contributed by atoms with Gasteiger partial charge in [0.05, 0.1) is 0 Å². The minimum absolute atomic E-state index is 0. The van der Waals surface area contributed by atoms with Gasteiger partial charge in [-0.1, -0.05) is 25.7 Å². The third kappa shape index (κ3) is 6.89. The molecule has 2 aliphatic rings. The Kier molecular flexibility index (Phi) is 10.9. The van der Waals surface area contributed by atoms with Crippen LogP contribution < -0.4 is 15.5 Å². The minimum atomic E-state index is -0.141. The van der Waals surface area contributed by atoms with Gasteiger partial charge in [0.2, 0.25) is 0 Å². The van der Waals surface area contributed by atoms with E-state index in [1.807, 2.05) is 6.07 Å². The molecule has 2 N–H and O–H groups in total. The summed E-state index contributed by atoms with van der Waals surface area (Å²) >= 11 is 0. The topological polar surface area (TPSA) is 70.2 Å². The summed E-state index contributed by atoms with van der Waals surface area (Å²) in [5.74, 6) is 0.734. The summed E-state index contributed by atoms with van der Waals surface area (Å²) in [6.07, 6.45) is 10.3. The van der Waals surface area contributed by atoms with Crippen molar-refractivity contribution in [1.29, 1.82) is 0 Å². The van der Waals surface area contributed by atoms with Crippen LogP contribution in [0.3, 0.4) is 0 Å². The van der Waals surface area contributed by atoms with E-state index in [2.05, 4.69) is 25.7 Å². The fourth-order valence-corrected chi connectivity index (χ4v) is 3.59. The van der Waals surface area contributed by atoms with Crippen LogP contribution in [0.5, 0.6) is 0 Å². The largest absolute Gasteiger partial charge is 0.355 e. The van der Waals surface area contributed by atoms with Crippen LogP contribution in [0.25, 0.3) is 0 Å². The first-order valence-electron chi connectivity index (χ1n) is 9.43. The summed E-state index contributed by atoms with van der Waals surface area (Å²) in [6, 6.07) is 4.29. The summed E-state index contributed by atoms with van der Waals surface area (Å²) in [5, 5.41) is 14.8. The van der Waals surface area contributed by atoms with Crippen LogP contribution in [-0.4, -0.2) is 48.3 Å². The molecule has 2 heterocycles. The summed E-state index contributed by atoms with van der Waals surface area (Å²) < 4.78 is 0. The van der Waals surface area contributed by atoms with Crippen molar-refractivity contribution in [1.82, 2.24) is 20.8 Å². The van der Waals surface area contributed by atoms with Gasteiger partial charge in [-0.15, -0.1) is 35.0 Å². The Labute approximate surface area is 168 Å². The van der Waals surface area contributed by atoms with Gasteiger partial charge < -0.3 is 15.5 Å². The summed E-state index contributed by atoms with van der Waals surface area (Å²) in [4.78, 5) is 14.3. The fraction of sp³-hybridized carbons (Fsp3) is 0.722. The number of carbonyl (C=O) groups excluding carboxylic acids is 1. The molecular formula is C18H31Cl2N5O. The summed E-state index contributed by atoms with van der Waals surface area (Å²) in [5.41, 5.74) is 0.396. The summed E-state index contributed by atoms with van der Waals surface area (Å²) in [7, 11) is 0. The molecule has 148 valence electrons. The van der Waals surface area contributed by atoms with Gasteiger partial charge in [0.1, 0.15) is 0 Å². The summed E-state index contributed by atoms with van der Waals surface area (Å²) in [6.45, 7) is 3.51. The molecule has 0 aromatic carbocycles. The highest BCUT2D eigenvalue weighted by Gasteiger charge is 2.15. The molecule has 26 heavy (non-hydrogen) atoms. The predicted octanol–water partition coefficient (Wildman–Crippen LogP) is 2.96. The first kappa shape index (κ1) is 22.9. The van der Waals surface area contributed by atoms with E-state index in [1.54, 1.807) is 6.07 Å². The lowest BCUT2D eigenvalue weighted by Gasteiger charge is -2.16. The third-order valence-corrected chi connectivity index (χ3v) is 5.01. The maximum atomic E-state index is 12.1. The van der Waals surface area contributed by atoms with E-state index < -0.39 is 0 Å². The standard InChI is InChI=1S/C18H29N5O.2ClH/c24-18(20-12-11-19-15-7-3-1-2-4-8-15)16-9-10-17(22-21-16)23-13-5-6-14-23;;/h9-10,15,19H,1-8,11-14H2,(H,20,24);2*1H. The predicted molar refractivity (Wildman–Crippen MR) is 110 cm³/mol. The molecule has 1 aliphatic carbocycles. The van der Waals surface area contributed by atoms with Crippen LogP contribution >= 0.6 is 24.8 Å². The molecule has 0 bridgehead atoms. The lowest BCUT2D eigenvalue weighted by molar-refractivity contribution is 0.0947. The molecular weight excluding hydrogens is 373 g/mol. The second-order valence-electron chi connectivity index (χ2n) is 6.87. The molecule has 1 aromatic rings. The Morgan fingerprint density at radius 3 is 2.27 bits per heavy atom. The number of amides is 1. The van der Waals surface area contributed by atoms with Crippen molar-refractivity contribution in [2.75, 3.05) is 31.1 Å². The van der Waals surface area contributed by atoms with E-state index >= 15 is 0 Å². The van der Waals surface area contributed by atoms with Crippen molar-refractivity contribution < 1.29 is 4.79 Å². The fourth-order valence-electron chi connectivity index (χ4n) is 3.59. The Balaban J connectivity index is 0.00000169. The molecule has 6 nitrogen and oxygen atoms in total. The van der Waals surface area contributed by atoms with Crippen molar-refractivity contribution in [2.24, 2.45) is 0 Å². The molecule has 0 atom stereocenters. The van der Waals surface area contributed by atoms with Gasteiger partial charge >= 0.3 is 0 Å². The average Bonchev–Trinajstić information content (AvgIpc) is 3.03. The monoisotopic (exact) mass is 403 g/mol. The normalized spacial score (nSPS) is 17.8. The first-order chi connectivity index (χ1) is 11.8. The zero-order valence-electron chi connectivity index (χ0n) is 15.3. The Hall–Kier alpha value is -1.11. The molecule has 8 heteroatoms. The second-order valence-corrected chi connectivity index (χ2v) is 6.87. The SMILES string of the molecule is Cl.Cl.O=C(NCCNC1CCCCCC1)c1ccc(N2CCCC2)nn1. The molecule has 0 unspecified atom stereocenters. The van der Waals surface area contributed by atoms with Crippen LogP contribution in [0, 0.1) is 0 Å². The quantitative estimate of drug-likeness (QED) is 0.564. The van der Waals surface area contributed by atoms with Crippen LogP contribution in [-0.2, 0) is 0 Å². The van der Waals surface area contributed by atoms with E-state index in [4.69, 9.17) is 0 Å². The number of anilines is 1. The number of halogens is 2. The highest BCUT2D eigenvalue weighted by molar-refractivity contribution is 5.92. The molecule has 1 saturated heterocycles. The molecule has 2 fully saturated rings. The van der Waals surface area contributed by atoms with Crippen molar-refractivity contribution in [3.05, 3.63) is 17.8 Å². The number of rotatable bonds is 6. The minimum Gasteiger partial charge on any atom is -0.355 e. The van der Waals surface area contributed by atoms with Gasteiger partial charge in [-0.05, 0) is 37.8 Å². The second kappa shape index (κ2) is 12.3. The van der Waals surface area contributed by atoms with Crippen molar-refractivity contribution in [2.45, 2.75) is 57.4 Å². The Morgan fingerprint density at radius 2 is 1.65 bits per heavy atom. The van der Waals surface area contributed by atoms with Gasteiger partial charge in [-0.25, -0.2) is 0 Å². The number of nitrogens with zero attached hydrogens (tertiary/aromatic N) is 3. The molecule has 1 saturated carbocycles. The number of hydrogen-bond donors (Lipinski definition) is 2. The maximum absolute atomic E-state index is 12.1. The zero-order valence-corrected chi connectivity index (χ0v) is 16.9. The lowest BCUT2D eigenvalue weighted by Crippen LogP contribution is -2.37. The van der Waals surface area contributed by atoms with Gasteiger partial charge in [0.25, 0.3) is 5.91 Å². The first-order valence-corrected chi connectivity index (χ1v) is 9.43. The maximum Gasteiger partial charge on any atom is 0.271 e. The highest BCUT2D eigenvalue weighted by atomic mass is 35.5. The van der Waals surface area contributed by atoms with Gasteiger partial charge in [-0.2, -0.15) is 0 Å². The molecule has 0 spiro atoms. The molecule has 0 radical (unpaired) electrons. The van der Waals surface area contributed by atoms with Crippen LogP contribution in [0.2, 0.25) is 0 Å². The molecule has 1 aromatic heterocycles. The molecule has 1 amide bonds. The van der Waals surface area contributed by atoms with E-state index in [0.717, 1.165) is 25.5 Å². The Bertz CT molecular complexity index is 515. The van der Waals surface area contributed by atoms with Crippen molar-refractivity contribution in [3.63, 3.8) is 0 Å². The van der Waals surface area contributed by atoms with Gasteiger partial charge in [-0.3, -0.25) is 4.79 Å². The molecule has 1 aliphatic heterocycles. The third-order valence-electron chi connectivity index (χ3n) is 5.01. The van der Waals surface area contributed by atoms with Gasteiger partial charge in [0.15, 0.2) is 11.5 Å². The highest BCUT2D eigenvalue weighted by Crippen LogP contribution is 2.17. The smallest absolute Gasteiger partial charge is 0.271 e. The van der Waals surface area contributed by atoms with E-state index in [1.165, 1.54) is 51.4 Å². The zero-order chi connectivity index (χ0) is 16.6. The lowest BCUT2D eigenvalue weighted by atomic mass is 10.1. The number of aromatic nitrogens is 2. The number of carbonyl (C=O) groups is 1. The average molecular weight is 404 g/mol. The van der Waals surface area contributed by atoms with E-state index in [0.29, 0.717) is 18.3 Å².